The zero-order valence-corrected chi connectivity index (χ0v) is 12.5. The van der Waals surface area contributed by atoms with Gasteiger partial charge in [0.05, 0.1) is 0 Å². The Morgan fingerprint density at radius 2 is 1.70 bits per heavy atom. The molecule has 0 bridgehead atoms. The molecule has 0 radical (unpaired) electrons. The smallest absolute Gasteiger partial charge is 0.220 e. The molecule has 2 amide bonds. The van der Waals surface area contributed by atoms with Crippen molar-refractivity contribution in [2.24, 2.45) is 0 Å². The summed E-state index contributed by atoms with van der Waals surface area (Å²) in [6.45, 7) is 2.68. The van der Waals surface area contributed by atoms with Gasteiger partial charge in [0, 0.05) is 31.5 Å². The van der Waals surface area contributed by atoms with Crippen LogP contribution in [0.4, 0.5) is 0 Å². The first-order valence-electron chi connectivity index (χ1n) is 6.83. The monoisotopic (exact) mass is 296 g/mol. The fourth-order valence-electron chi connectivity index (χ4n) is 1.77. The Labute approximate surface area is 124 Å². The second kappa shape index (κ2) is 9.37. The average molecular weight is 297 g/mol. The second-order valence-corrected chi connectivity index (χ2v) is 5.10. The van der Waals surface area contributed by atoms with E-state index in [4.69, 9.17) is 11.6 Å². The fourth-order valence-corrected chi connectivity index (χ4v) is 1.90. The summed E-state index contributed by atoms with van der Waals surface area (Å²) < 4.78 is 0. The van der Waals surface area contributed by atoms with Crippen molar-refractivity contribution in [1.29, 1.82) is 0 Å². The van der Waals surface area contributed by atoms with Crippen molar-refractivity contribution in [1.82, 2.24) is 10.6 Å². The van der Waals surface area contributed by atoms with Gasteiger partial charge >= 0.3 is 0 Å². The van der Waals surface area contributed by atoms with Gasteiger partial charge in [0.2, 0.25) is 11.8 Å². The van der Waals surface area contributed by atoms with Crippen molar-refractivity contribution in [2.75, 3.05) is 13.1 Å². The Bertz CT molecular complexity index is 432. The standard InChI is InChI=1S/C15H21ClN2O2/c1-12(19)17-10-3-11-18-15(20)5-2-4-13-6-8-14(16)9-7-13/h6-9H,2-5,10-11H2,1H3,(H,17,19)(H,18,20). The van der Waals surface area contributed by atoms with Gasteiger partial charge in [0.1, 0.15) is 0 Å². The highest BCUT2D eigenvalue weighted by Gasteiger charge is 2.01. The van der Waals surface area contributed by atoms with E-state index in [1.807, 2.05) is 24.3 Å². The van der Waals surface area contributed by atoms with Crippen LogP contribution in [0.2, 0.25) is 5.02 Å². The Kier molecular flexibility index (Phi) is 7.73. The van der Waals surface area contributed by atoms with E-state index in [2.05, 4.69) is 10.6 Å². The Morgan fingerprint density at radius 3 is 2.35 bits per heavy atom. The number of hydrogen-bond acceptors (Lipinski definition) is 2. The van der Waals surface area contributed by atoms with Crippen molar-refractivity contribution < 1.29 is 9.59 Å². The molecule has 0 spiro atoms. The van der Waals surface area contributed by atoms with Gasteiger partial charge < -0.3 is 10.6 Å². The summed E-state index contributed by atoms with van der Waals surface area (Å²) in [5.74, 6) is 0.0149. The van der Waals surface area contributed by atoms with Gasteiger partial charge in [-0.05, 0) is 37.0 Å². The summed E-state index contributed by atoms with van der Waals surface area (Å²) >= 11 is 5.81. The van der Waals surface area contributed by atoms with Gasteiger partial charge in [-0.2, -0.15) is 0 Å². The van der Waals surface area contributed by atoms with Crippen molar-refractivity contribution in [3.05, 3.63) is 34.9 Å². The quantitative estimate of drug-likeness (QED) is 0.723. The number of benzene rings is 1. The molecule has 4 nitrogen and oxygen atoms in total. The molecule has 0 aromatic heterocycles. The first-order chi connectivity index (χ1) is 9.58. The molecule has 110 valence electrons. The third-order valence-electron chi connectivity index (χ3n) is 2.83. The van der Waals surface area contributed by atoms with Crippen LogP contribution in [0, 0.1) is 0 Å². The summed E-state index contributed by atoms with van der Waals surface area (Å²) in [6, 6.07) is 7.68. The highest BCUT2D eigenvalue weighted by Crippen LogP contribution is 2.11. The van der Waals surface area contributed by atoms with Crippen LogP contribution in [0.25, 0.3) is 0 Å². The number of hydrogen-bond donors (Lipinski definition) is 2. The zero-order valence-electron chi connectivity index (χ0n) is 11.7. The predicted molar refractivity (Wildman–Crippen MR) is 80.7 cm³/mol. The fraction of sp³-hybridized carbons (Fsp3) is 0.467. The molecule has 0 aliphatic heterocycles. The van der Waals surface area contributed by atoms with Crippen molar-refractivity contribution in [3.63, 3.8) is 0 Å². The van der Waals surface area contributed by atoms with E-state index in [0.29, 0.717) is 19.5 Å². The molecule has 0 aliphatic carbocycles. The number of amides is 2. The number of rotatable bonds is 8. The molecule has 1 rings (SSSR count). The lowest BCUT2D eigenvalue weighted by Gasteiger charge is -2.06. The maximum absolute atomic E-state index is 11.6. The summed E-state index contributed by atoms with van der Waals surface area (Å²) in [5.41, 5.74) is 1.19. The summed E-state index contributed by atoms with van der Waals surface area (Å²) in [7, 11) is 0. The van der Waals surface area contributed by atoms with Gasteiger partial charge in [0.25, 0.3) is 0 Å². The van der Waals surface area contributed by atoms with Gasteiger partial charge in [-0.3, -0.25) is 9.59 Å². The Balaban J connectivity index is 2.05. The van der Waals surface area contributed by atoms with E-state index in [0.717, 1.165) is 24.3 Å². The lowest BCUT2D eigenvalue weighted by atomic mass is 10.1. The minimum absolute atomic E-state index is 0.0423. The molecule has 0 aliphatic rings. The molecular formula is C15H21ClN2O2. The van der Waals surface area contributed by atoms with E-state index >= 15 is 0 Å². The van der Waals surface area contributed by atoms with E-state index in [9.17, 15) is 9.59 Å². The highest BCUT2D eigenvalue weighted by molar-refractivity contribution is 6.30. The van der Waals surface area contributed by atoms with E-state index < -0.39 is 0 Å². The van der Waals surface area contributed by atoms with Crippen molar-refractivity contribution in [2.45, 2.75) is 32.6 Å². The highest BCUT2D eigenvalue weighted by atomic mass is 35.5. The van der Waals surface area contributed by atoms with Gasteiger partial charge in [-0.25, -0.2) is 0 Å². The van der Waals surface area contributed by atoms with E-state index in [1.54, 1.807) is 0 Å². The Morgan fingerprint density at radius 1 is 1.05 bits per heavy atom. The van der Waals surface area contributed by atoms with E-state index in [-0.39, 0.29) is 11.8 Å². The molecule has 2 N–H and O–H groups in total. The molecular weight excluding hydrogens is 276 g/mol. The van der Waals surface area contributed by atoms with Crippen LogP contribution in [0.15, 0.2) is 24.3 Å². The van der Waals surface area contributed by atoms with Crippen LogP contribution in [0.1, 0.15) is 31.7 Å². The largest absolute Gasteiger partial charge is 0.356 e. The predicted octanol–water partition coefficient (Wildman–Crippen LogP) is 2.31. The third kappa shape index (κ3) is 7.79. The maximum atomic E-state index is 11.6. The van der Waals surface area contributed by atoms with E-state index in [1.165, 1.54) is 12.5 Å². The van der Waals surface area contributed by atoms with Crippen LogP contribution in [0.5, 0.6) is 0 Å². The van der Waals surface area contributed by atoms with Crippen LogP contribution in [-0.4, -0.2) is 24.9 Å². The number of carbonyl (C=O) groups is 2. The third-order valence-corrected chi connectivity index (χ3v) is 3.08. The molecule has 1 aromatic rings. The molecule has 0 atom stereocenters. The molecule has 0 heterocycles. The second-order valence-electron chi connectivity index (χ2n) is 4.67. The minimum atomic E-state index is -0.0423. The average Bonchev–Trinajstić information content (AvgIpc) is 2.40. The number of halogens is 1. The van der Waals surface area contributed by atoms with Crippen LogP contribution in [-0.2, 0) is 16.0 Å². The lowest BCUT2D eigenvalue weighted by molar-refractivity contribution is -0.121. The molecule has 0 saturated carbocycles. The lowest BCUT2D eigenvalue weighted by Crippen LogP contribution is -2.28. The molecule has 0 saturated heterocycles. The molecule has 5 heteroatoms. The normalized spacial score (nSPS) is 10.1. The van der Waals surface area contributed by atoms with Crippen LogP contribution >= 0.6 is 11.6 Å². The topological polar surface area (TPSA) is 58.2 Å². The number of nitrogens with one attached hydrogen (secondary N) is 2. The van der Waals surface area contributed by atoms with Gasteiger partial charge in [-0.15, -0.1) is 0 Å². The number of carbonyl (C=O) groups excluding carboxylic acids is 2. The van der Waals surface area contributed by atoms with Crippen molar-refractivity contribution in [3.8, 4) is 0 Å². The first kappa shape index (κ1) is 16.5. The summed E-state index contributed by atoms with van der Waals surface area (Å²) in [4.78, 5) is 22.2. The number of aryl methyl sites for hydroxylation is 1. The molecule has 0 unspecified atom stereocenters. The van der Waals surface area contributed by atoms with Crippen LogP contribution < -0.4 is 10.6 Å². The molecule has 0 fully saturated rings. The summed E-state index contributed by atoms with van der Waals surface area (Å²) in [5, 5.41) is 6.26. The zero-order chi connectivity index (χ0) is 14.8. The van der Waals surface area contributed by atoms with Crippen molar-refractivity contribution >= 4 is 23.4 Å². The molecule has 1 aromatic carbocycles. The van der Waals surface area contributed by atoms with Gasteiger partial charge in [-0.1, -0.05) is 23.7 Å². The maximum Gasteiger partial charge on any atom is 0.220 e. The van der Waals surface area contributed by atoms with Gasteiger partial charge in [0.15, 0.2) is 0 Å². The molecule has 20 heavy (non-hydrogen) atoms. The Hall–Kier alpha value is -1.55. The first-order valence-corrected chi connectivity index (χ1v) is 7.21. The van der Waals surface area contributed by atoms with Crippen LogP contribution in [0.3, 0.4) is 0 Å². The SMILES string of the molecule is CC(=O)NCCCNC(=O)CCCc1ccc(Cl)cc1. The summed E-state index contributed by atoms with van der Waals surface area (Å²) in [6.07, 6.45) is 2.96. The minimum Gasteiger partial charge on any atom is -0.356 e.